The third kappa shape index (κ3) is 4.05. The van der Waals surface area contributed by atoms with E-state index in [1.807, 2.05) is 0 Å². The van der Waals surface area contributed by atoms with Gasteiger partial charge in [0.1, 0.15) is 11.7 Å². The highest BCUT2D eigenvalue weighted by atomic mass is 19.1. The van der Waals surface area contributed by atoms with Gasteiger partial charge < -0.3 is 10.4 Å². The van der Waals surface area contributed by atoms with Gasteiger partial charge in [-0.1, -0.05) is 39.0 Å². The number of hydrogen-bond donors (Lipinski definition) is 2. The van der Waals surface area contributed by atoms with E-state index in [-0.39, 0.29) is 6.54 Å². The van der Waals surface area contributed by atoms with Crippen molar-refractivity contribution in [3.8, 4) is 0 Å². The molecule has 0 aliphatic rings. The van der Waals surface area contributed by atoms with E-state index in [9.17, 15) is 14.0 Å². The second-order valence-electron chi connectivity index (χ2n) is 5.45. The lowest BCUT2D eigenvalue weighted by Crippen LogP contribution is -2.42. The average Bonchev–Trinajstić information content (AvgIpc) is 2.25. The molecule has 0 aliphatic heterocycles. The van der Waals surface area contributed by atoms with Gasteiger partial charge in [-0.2, -0.15) is 0 Å². The number of aliphatic carboxylic acids is 1. The van der Waals surface area contributed by atoms with Crippen LogP contribution in [0.4, 0.5) is 4.39 Å². The fourth-order valence-corrected chi connectivity index (χ4v) is 1.80. The van der Waals surface area contributed by atoms with Crippen LogP contribution in [0.2, 0.25) is 0 Å². The molecule has 0 bridgehead atoms. The Hall–Kier alpha value is -1.91. The predicted molar refractivity (Wildman–Crippen MR) is 68.8 cm³/mol. The number of carboxylic acid groups (broad SMARTS) is 1. The van der Waals surface area contributed by atoms with Gasteiger partial charge in [0.25, 0.3) is 0 Å². The molecule has 1 amide bonds. The van der Waals surface area contributed by atoms with Crippen molar-refractivity contribution in [3.63, 3.8) is 0 Å². The van der Waals surface area contributed by atoms with Gasteiger partial charge >= 0.3 is 5.97 Å². The van der Waals surface area contributed by atoms with Crippen LogP contribution in [0, 0.1) is 17.2 Å². The molecular formula is C14H18FNO3. The summed E-state index contributed by atoms with van der Waals surface area (Å²) >= 11 is 0. The number of hydrogen-bond acceptors (Lipinski definition) is 2. The fraction of sp³-hybridized carbons (Fsp3) is 0.429. The molecule has 1 atom stereocenters. The minimum absolute atomic E-state index is 0.0225. The number of halogens is 1. The lowest BCUT2D eigenvalue weighted by Gasteiger charge is -2.25. The second kappa shape index (κ2) is 5.82. The zero-order valence-electron chi connectivity index (χ0n) is 11.2. The summed E-state index contributed by atoms with van der Waals surface area (Å²) in [7, 11) is 0. The first-order chi connectivity index (χ1) is 8.73. The zero-order valence-corrected chi connectivity index (χ0v) is 11.2. The number of carbonyl (C=O) groups is 2. The lowest BCUT2D eigenvalue weighted by atomic mass is 9.80. The van der Waals surface area contributed by atoms with E-state index in [4.69, 9.17) is 5.11 Å². The third-order valence-electron chi connectivity index (χ3n) is 2.79. The number of benzene rings is 1. The molecule has 0 fully saturated rings. The number of rotatable bonds is 4. The monoisotopic (exact) mass is 267 g/mol. The average molecular weight is 267 g/mol. The molecule has 1 unspecified atom stereocenters. The van der Waals surface area contributed by atoms with Crippen molar-refractivity contribution in [2.45, 2.75) is 27.3 Å². The van der Waals surface area contributed by atoms with Gasteiger partial charge in [0.2, 0.25) is 5.91 Å². The Morgan fingerprint density at radius 3 is 2.37 bits per heavy atom. The Labute approximate surface area is 111 Å². The molecule has 0 heterocycles. The van der Waals surface area contributed by atoms with E-state index in [1.165, 1.54) is 6.07 Å². The summed E-state index contributed by atoms with van der Waals surface area (Å²) in [6, 6.07) is 6.04. The SMILES string of the molecule is CC(C)(C)C(C(=O)O)C(=O)NCc1ccccc1F. The number of carboxylic acids is 1. The van der Waals surface area contributed by atoms with E-state index in [0.717, 1.165) is 0 Å². The van der Waals surface area contributed by atoms with E-state index in [2.05, 4.69) is 5.32 Å². The Morgan fingerprint density at radius 1 is 1.32 bits per heavy atom. The summed E-state index contributed by atoms with van der Waals surface area (Å²) in [5.41, 5.74) is -0.376. The van der Waals surface area contributed by atoms with Crippen molar-refractivity contribution in [2.24, 2.45) is 11.3 Å². The fourth-order valence-electron chi connectivity index (χ4n) is 1.80. The predicted octanol–water partition coefficient (Wildman–Crippen LogP) is 2.19. The smallest absolute Gasteiger partial charge is 0.316 e. The molecule has 0 aliphatic carbocycles. The van der Waals surface area contributed by atoms with Gasteiger partial charge in [-0.25, -0.2) is 4.39 Å². The maximum atomic E-state index is 13.4. The third-order valence-corrected chi connectivity index (χ3v) is 2.79. The summed E-state index contributed by atoms with van der Waals surface area (Å²) < 4.78 is 13.4. The minimum atomic E-state index is -1.18. The highest BCUT2D eigenvalue weighted by Crippen LogP contribution is 2.26. The quantitative estimate of drug-likeness (QED) is 0.822. The van der Waals surface area contributed by atoms with E-state index >= 15 is 0 Å². The van der Waals surface area contributed by atoms with Gasteiger partial charge in [-0.3, -0.25) is 9.59 Å². The first kappa shape index (κ1) is 15.1. The molecule has 0 saturated heterocycles. The van der Waals surface area contributed by atoms with Crippen molar-refractivity contribution in [1.82, 2.24) is 5.32 Å². The highest BCUT2D eigenvalue weighted by molar-refractivity contribution is 5.97. The van der Waals surface area contributed by atoms with Gasteiger partial charge in [0.05, 0.1) is 0 Å². The summed E-state index contributed by atoms with van der Waals surface area (Å²) in [6.45, 7) is 5.00. The molecule has 104 valence electrons. The molecule has 1 aromatic carbocycles. The molecule has 2 N–H and O–H groups in total. The molecule has 0 saturated carbocycles. The Kier molecular flexibility index (Phi) is 4.64. The van der Waals surface area contributed by atoms with Crippen LogP contribution in [0.15, 0.2) is 24.3 Å². The first-order valence-electron chi connectivity index (χ1n) is 5.97. The maximum Gasteiger partial charge on any atom is 0.316 e. The molecule has 0 aromatic heterocycles. The topological polar surface area (TPSA) is 66.4 Å². The van der Waals surface area contributed by atoms with Gasteiger partial charge in [0.15, 0.2) is 0 Å². The molecule has 0 radical (unpaired) electrons. The molecule has 4 nitrogen and oxygen atoms in total. The van der Waals surface area contributed by atoms with Crippen LogP contribution in [0.1, 0.15) is 26.3 Å². The van der Waals surface area contributed by atoms with Crippen LogP contribution in [0.5, 0.6) is 0 Å². The summed E-state index contributed by atoms with van der Waals surface area (Å²) in [5.74, 6) is -3.38. The van der Waals surface area contributed by atoms with Crippen LogP contribution in [-0.4, -0.2) is 17.0 Å². The van der Waals surface area contributed by atoms with Crippen molar-refractivity contribution in [2.75, 3.05) is 0 Å². The molecular weight excluding hydrogens is 249 g/mol. The van der Waals surface area contributed by atoms with Crippen molar-refractivity contribution < 1.29 is 19.1 Å². The second-order valence-corrected chi connectivity index (χ2v) is 5.45. The van der Waals surface area contributed by atoms with Crippen LogP contribution >= 0.6 is 0 Å². The molecule has 19 heavy (non-hydrogen) atoms. The number of nitrogens with one attached hydrogen (secondary N) is 1. The van der Waals surface area contributed by atoms with E-state index in [1.54, 1.807) is 39.0 Å². The van der Waals surface area contributed by atoms with Gasteiger partial charge in [0, 0.05) is 12.1 Å². The Bertz CT molecular complexity index is 480. The zero-order chi connectivity index (χ0) is 14.6. The highest BCUT2D eigenvalue weighted by Gasteiger charge is 2.37. The van der Waals surface area contributed by atoms with E-state index in [0.29, 0.717) is 5.56 Å². The normalized spacial score (nSPS) is 12.8. The first-order valence-corrected chi connectivity index (χ1v) is 5.97. The Morgan fingerprint density at radius 2 is 1.89 bits per heavy atom. The largest absolute Gasteiger partial charge is 0.481 e. The minimum Gasteiger partial charge on any atom is -0.481 e. The number of amides is 1. The standard InChI is InChI=1S/C14H18FNO3/c1-14(2,3)11(13(18)19)12(17)16-8-9-6-4-5-7-10(9)15/h4-7,11H,8H2,1-3H3,(H,16,17)(H,18,19). The summed E-state index contributed by atoms with van der Waals surface area (Å²) in [5, 5.41) is 11.6. The molecule has 1 aromatic rings. The van der Waals surface area contributed by atoms with Gasteiger partial charge in [-0.05, 0) is 11.5 Å². The van der Waals surface area contributed by atoms with Crippen LogP contribution in [0.3, 0.4) is 0 Å². The van der Waals surface area contributed by atoms with Crippen LogP contribution in [0.25, 0.3) is 0 Å². The Balaban J connectivity index is 2.74. The summed E-state index contributed by atoms with van der Waals surface area (Å²) in [6.07, 6.45) is 0. The van der Waals surface area contributed by atoms with Crippen molar-refractivity contribution in [3.05, 3.63) is 35.6 Å². The van der Waals surface area contributed by atoms with Crippen molar-refractivity contribution in [1.29, 1.82) is 0 Å². The molecule has 1 rings (SSSR count). The van der Waals surface area contributed by atoms with E-state index < -0.39 is 29.0 Å². The van der Waals surface area contributed by atoms with Gasteiger partial charge in [-0.15, -0.1) is 0 Å². The summed E-state index contributed by atoms with van der Waals surface area (Å²) in [4.78, 5) is 23.0. The molecule has 0 spiro atoms. The maximum absolute atomic E-state index is 13.4. The van der Waals surface area contributed by atoms with Crippen molar-refractivity contribution >= 4 is 11.9 Å². The van der Waals surface area contributed by atoms with Crippen LogP contribution in [-0.2, 0) is 16.1 Å². The lowest BCUT2D eigenvalue weighted by molar-refractivity contribution is -0.151. The van der Waals surface area contributed by atoms with Crippen LogP contribution < -0.4 is 5.32 Å². The molecule has 5 heteroatoms. The number of carbonyl (C=O) groups excluding carboxylic acids is 1.